The maximum atomic E-state index is 12.0. The number of hydrogen-bond donors (Lipinski definition) is 3. The molecule has 0 aliphatic heterocycles. The van der Waals surface area contributed by atoms with Gasteiger partial charge in [-0.15, -0.1) is 0 Å². The number of phenolic OH excluding ortho intramolecular Hbond substituents is 1. The molecule has 0 saturated carbocycles. The molecule has 0 spiro atoms. The summed E-state index contributed by atoms with van der Waals surface area (Å²) < 4.78 is 0. The number of benzene rings is 1. The van der Waals surface area contributed by atoms with E-state index in [-0.39, 0.29) is 23.1 Å². The summed E-state index contributed by atoms with van der Waals surface area (Å²) in [5, 5.41) is 12.6. The first kappa shape index (κ1) is 14.5. The van der Waals surface area contributed by atoms with E-state index in [0.29, 0.717) is 12.1 Å². The number of amides is 1. The summed E-state index contributed by atoms with van der Waals surface area (Å²) in [4.78, 5) is 12.0. The van der Waals surface area contributed by atoms with E-state index < -0.39 is 0 Å². The summed E-state index contributed by atoms with van der Waals surface area (Å²) in [6.07, 6.45) is 0. The summed E-state index contributed by atoms with van der Waals surface area (Å²) >= 11 is 0. The predicted molar refractivity (Wildman–Crippen MR) is 72.8 cm³/mol. The van der Waals surface area contributed by atoms with E-state index in [0.717, 1.165) is 5.56 Å². The Morgan fingerprint density at radius 3 is 2.56 bits per heavy atom. The molecule has 0 saturated heterocycles. The number of carbonyl (C=O) groups excluding carboxylic acids is 1. The number of nitrogens with one attached hydrogen (secondary N) is 1. The summed E-state index contributed by atoms with van der Waals surface area (Å²) in [6.45, 7) is 8.23. The Labute approximate surface area is 108 Å². The number of hydrogen-bond acceptors (Lipinski definition) is 3. The third kappa shape index (κ3) is 3.47. The summed E-state index contributed by atoms with van der Waals surface area (Å²) in [7, 11) is 0. The summed E-state index contributed by atoms with van der Waals surface area (Å²) in [5.74, 6) is 0.0457. The van der Waals surface area contributed by atoms with Gasteiger partial charge in [-0.2, -0.15) is 0 Å². The molecule has 1 rings (SSSR count). The van der Waals surface area contributed by atoms with Gasteiger partial charge in [-0.1, -0.05) is 20.8 Å². The standard InChI is InChI=1S/C14H22N2O2/c1-9(8-15)16-13(18)10-5-6-12(17)11(7-10)14(2,3)4/h5-7,9,17H,8,15H2,1-4H3,(H,16,18). The van der Waals surface area contributed by atoms with Crippen molar-refractivity contribution < 1.29 is 9.90 Å². The van der Waals surface area contributed by atoms with Crippen LogP contribution in [0.5, 0.6) is 5.75 Å². The maximum Gasteiger partial charge on any atom is 0.251 e. The highest BCUT2D eigenvalue weighted by Crippen LogP contribution is 2.31. The molecule has 0 radical (unpaired) electrons. The van der Waals surface area contributed by atoms with E-state index in [1.165, 1.54) is 0 Å². The third-order valence-corrected chi connectivity index (χ3v) is 2.80. The molecule has 1 aromatic carbocycles. The van der Waals surface area contributed by atoms with Gasteiger partial charge < -0.3 is 16.2 Å². The Bertz CT molecular complexity index is 436. The van der Waals surface area contributed by atoms with Crippen molar-refractivity contribution in [1.29, 1.82) is 0 Å². The highest BCUT2D eigenvalue weighted by molar-refractivity contribution is 5.94. The molecule has 4 nitrogen and oxygen atoms in total. The fourth-order valence-electron chi connectivity index (χ4n) is 1.64. The minimum Gasteiger partial charge on any atom is -0.508 e. The van der Waals surface area contributed by atoms with Crippen molar-refractivity contribution in [2.45, 2.75) is 39.2 Å². The van der Waals surface area contributed by atoms with Gasteiger partial charge in [0.15, 0.2) is 0 Å². The van der Waals surface area contributed by atoms with E-state index >= 15 is 0 Å². The van der Waals surface area contributed by atoms with Crippen LogP contribution in [0.1, 0.15) is 43.6 Å². The fourth-order valence-corrected chi connectivity index (χ4v) is 1.64. The topological polar surface area (TPSA) is 75.3 Å². The van der Waals surface area contributed by atoms with Crippen molar-refractivity contribution in [3.8, 4) is 5.75 Å². The van der Waals surface area contributed by atoms with Crippen LogP contribution in [0.2, 0.25) is 0 Å². The van der Waals surface area contributed by atoms with Crippen LogP contribution in [0.25, 0.3) is 0 Å². The molecule has 4 N–H and O–H groups in total. The number of phenols is 1. The third-order valence-electron chi connectivity index (χ3n) is 2.80. The Balaban J connectivity index is 3.02. The van der Waals surface area contributed by atoms with Crippen LogP contribution < -0.4 is 11.1 Å². The number of nitrogens with two attached hydrogens (primary N) is 1. The molecule has 0 aliphatic carbocycles. The summed E-state index contributed by atoms with van der Waals surface area (Å²) in [5.41, 5.74) is 6.56. The van der Waals surface area contributed by atoms with Crippen LogP contribution in [0.3, 0.4) is 0 Å². The smallest absolute Gasteiger partial charge is 0.251 e. The molecule has 18 heavy (non-hydrogen) atoms. The van der Waals surface area contributed by atoms with Crippen molar-refractivity contribution in [3.63, 3.8) is 0 Å². The molecule has 0 aliphatic rings. The van der Waals surface area contributed by atoms with Gasteiger partial charge in [-0.25, -0.2) is 0 Å². The second-order valence-electron chi connectivity index (χ2n) is 5.59. The Morgan fingerprint density at radius 1 is 1.44 bits per heavy atom. The molecule has 0 heterocycles. The minimum atomic E-state index is -0.208. The molecule has 0 fully saturated rings. The lowest BCUT2D eigenvalue weighted by atomic mass is 9.85. The van der Waals surface area contributed by atoms with Gasteiger partial charge in [-0.05, 0) is 30.5 Å². The van der Waals surface area contributed by atoms with Gasteiger partial charge in [0.2, 0.25) is 0 Å². The Kier molecular flexibility index (Phi) is 4.35. The molecular weight excluding hydrogens is 228 g/mol. The van der Waals surface area contributed by atoms with Gasteiger partial charge in [0, 0.05) is 23.7 Å². The minimum absolute atomic E-state index is 0.0654. The van der Waals surface area contributed by atoms with Gasteiger partial charge in [0.05, 0.1) is 0 Å². The van der Waals surface area contributed by atoms with Crippen molar-refractivity contribution >= 4 is 5.91 Å². The fraction of sp³-hybridized carbons (Fsp3) is 0.500. The van der Waals surface area contributed by atoms with E-state index in [9.17, 15) is 9.90 Å². The first-order chi connectivity index (χ1) is 8.25. The predicted octanol–water partition coefficient (Wildman–Crippen LogP) is 1.77. The molecule has 100 valence electrons. The van der Waals surface area contributed by atoms with Crippen molar-refractivity contribution in [3.05, 3.63) is 29.3 Å². The average Bonchev–Trinajstić information content (AvgIpc) is 2.27. The van der Waals surface area contributed by atoms with Crippen LogP contribution in [-0.4, -0.2) is 23.6 Å². The molecule has 4 heteroatoms. The largest absolute Gasteiger partial charge is 0.508 e. The zero-order chi connectivity index (χ0) is 13.9. The second kappa shape index (κ2) is 5.40. The normalized spacial score (nSPS) is 13.2. The van der Waals surface area contributed by atoms with Crippen LogP contribution in [0.4, 0.5) is 0 Å². The highest BCUT2D eigenvalue weighted by atomic mass is 16.3. The van der Waals surface area contributed by atoms with Crippen LogP contribution >= 0.6 is 0 Å². The SMILES string of the molecule is CC(CN)NC(=O)c1ccc(O)c(C(C)(C)C)c1. The van der Waals surface area contributed by atoms with Gasteiger partial charge in [0.1, 0.15) is 5.75 Å². The quantitative estimate of drug-likeness (QED) is 0.765. The van der Waals surface area contributed by atoms with E-state index in [4.69, 9.17) is 5.73 Å². The monoisotopic (exact) mass is 250 g/mol. The lowest BCUT2D eigenvalue weighted by molar-refractivity contribution is 0.0941. The lowest BCUT2D eigenvalue weighted by Crippen LogP contribution is -2.37. The average molecular weight is 250 g/mol. The van der Waals surface area contributed by atoms with Crippen LogP contribution in [-0.2, 0) is 5.41 Å². The zero-order valence-corrected chi connectivity index (χ0v) is 11.4. The van der Waals surface area contributed by atoms with Crippen LogP contribution in [0, 0.1) is 0 Å². The first-order valence-electron chi connectivity index (χ1n) is 6.10. The number of carbonyl (C=O) groups is 1. The Morgan fingerprint density at radius 2 is 2.06 bits per heavy atom. The van der Waals surface area contributed by atoms with Crippen molar-refractivity contribution in [1.82, 2.24) is 5.32 Å². The second-order valence-corrected chi connectivity index (χ2v) is 5.59. The molecule has 1 atom stereocenters. The summed E-state index contributed by atoms with van der Waals surface area (Å²) in [6, 6.07) is 4.84. The number of aromatic hydroxyl groups is 1. The van der Waals surface area contributed by atoms with Crippen molar-refractivity contribution in [2.75, 3.05) is 6.54 Å². The molecule has 1 amide bonds. The van der Waals surface area contributed by atoms with E-state index in [2.05, 4.69) is 5.32 Å². The van der Waals surface area contributed by atoms with E-state index in [1.54, 1.807) is 18.2 Å². The first-order valence-corrected chi connectivity index (χ1v) is 6.10. The van der Waals surface area contributed by atoms with Gasteiger partial charge >= 0.3 is 0 Å². The van der Waals surface area contributed by atoms with E-state index in [1.807, 2.05) is 27.7 Å². The maximum absolute atomic E-state index is 12.0. The van der Waals surface area contributed by atoms with Crippen LogP contribution in [0.15, 0.2) is 18.2 Å². The Hall–Kier alpha value is -1.55. The van der Waals surface area contributed by atoms with Gasteiger partial charge in [0.25, 0.3) is 5.91 Å². The molecular formula is C14H22N2O2. The number of rotatable bonds is 3. The lowest BCUT2D eigenvalue weighted by Gasteiger charge is -2.21. The zero-order valence-electron chi connectivity index (χ0n) is 11.4. The molecule has 0 aromatic heterocycles. The van der Waals surface area contributed by atoms with Gasteiger partial charge in [-0.3, -0.25) is 4.79 Å². The molecule has 0 bridgehead atoms. The molecule has 1 aromatic rings. The molecule has 1 unspecified atom stereocenters. The van der Waals surface area contributed by atoms with Crippen molar-refractivity contribution in [2.24, 2.45) is 5.73 Å². The highest BCUT2D eigenvalue weighted by Gasteiger charge is 2.20.